The van der Waals surface area contributed by atoms with E-state index >= 15 is 0 Å². The highest BCUT2D eigenvalue weighted by atomic mass is 35.5. The number of nitrogens with zero attached hydrogens (tertiary/aromatic N) is 1. The molecule has 0 aliphatic rings. The number of benzene rings is 2. The van der Waals surface area contributed by atoms with E-state index in [0.29, 0.717) is 17.1 Å². The first-order valence-electron chi connectivity index (χ1n) is 8.19. The molecule has 0 saturated heterocycles. The molecule has 0 aromatic heterocycles. The molecule has 0 saturated carbocycles. The van der Waals surface area contributed by atoms with Crippen LogP contribution in [0.15, 0.2) is 42.5 Å². The molecular weight excluding hydrogens is 378 g/mol. The Morgan fingerprint density at radius 3 is 2.44 bits per heavy atom. The van der Waals surface area contributed by atoms with Gasteiger partial charge in [-0.25, -0.2) is 0 Å². The number of methoxy groups -OCH3 is 1. The molecule has 146 valence electrons. The maximum absolute atomic E-state index is 12.3. The molecule has 1 N–H and O–H groups in total. The fourth-order valence-corrected chi connectivity index (χ4v) is 2.60. The van der Waals surface area contributed by atoms with Crippen molar-refractivity contribution in [3.63, 3.8) is 0 Å². The van der Waals surface area contributed by atoms with Crippen LogP contribution in [0.25, 0.3) is 0 Å². The molecule has 2 aromatic carbocycles. The zero-order valence-corrected chi connectivity index (χ0v) is 15.8. The molecule has 5 nitrogen and oxygen atoms in total. The lowest BCUT2D eigenvalue weighted by atomic mass is 10.2. The van der Waals surface area contributed by atoms with Crippen LogP contribution in [0.2, 0.25) is 5.02 Å². The summed E-state index contributed by atoms with van der Waals surface area (Å²) in [6.07, 6.45) is 0. The molecule has 0 fully saturated rings. The van der Waals surface area contributed by atoms with Gasteiger partial charge in [0.2, 0.25) is 5.91 Å². The zero-order chi connectivity index (χ0) is 19.8. The van der Waals surface area contributed by atoms with Gasteiger partial charge < -0.3 is 14.8 Å². The van der Waals surface area contributed by atoms with Gasteiger partial charge in [-0.05, 0) is 42.4 Å². The number of ether oxygens (including phenoxy) is 2. The largest absolute Gasteiger partial charge is 0.493 e. The molecule has 8 heteroatoms. The first kappa shape index (κ1) is 20.9. The number of amides is 1. The normalized spacial score (nSPS) is 10.9. The summed E-state index contributed by atoms with van der Waals surface area (Å²) in [6, 6.07) is 12.0. The average Bonchev–Trinajstić information content (AvgIpc) is 2.62. The minimum atomic E-state index is -2.93. The Morgan fingerprint density at radius 1 is 1.15 bits per heavy atom. The van der Waals surface area contributed by atoms with Crippen molar-refractivity contribution in [2.75, 3.05) is 20.7 Å². The van der Waals surface area contributed by atoms with Gasteiger partial charge in [0, 0.05) is 18.1 Å². The molecule has 0 bridgehead atoms. The summed E-state index contributed by atoms with van der Waals surface area (Å²) in [5.41, 5.74) is 1.76. The van der Waals surface area contributed by atoms with Gasteiger partial charge in [-0.15, -0.1) is 0 Å². The van der Waals surface area contributed by atoms with E-state index in [1.165, 1.54) is 13.2 Å². The van der Waals surface area contributed by atoms with E-state index in [0.717, 1.165) is 5.56 Å². The minimum absolute atomic E-state index is 0.0507. The van der Waals surface area contributed by atoms with Crippen molar-refractivity contribution in [2.45, 2.75) is 19.7 Å². The fraction of sp³-hybridized carbons (Fsp3) is 0.316. The fourth-order valence-electron chi connectivity index (χ4n) is 2.47. The number of alkyl halides is 2. The number of rotatable bonds is 9. The van der Waals surface area contributed by atoms with E-state index in [1.807, 2.05) is 24.1 Å². The quantitative estimate of drug-likeness (QED) is 0.699. The molecule has 0 radical (unpaired) electrons. The van der Waals surface area contributed by atoms with Crippen LogP contribution >= 0.6 is 11.6 Å². The molecule has 0 unspecified atom stereocenters. The van der Waals surface area contributed by atoms with E-state index in [9.17, 15) is 13.6 Å². The molecule has 0 heterocycles. The van der Waals surface area contributed by atoms with Gasteiger partial charge in [0.25, 0.3) is 0 Å². The highest BCUT2D eigenvalue weighted by Gasteiger charge is 2.12. The number of nitrogens with one attached hydrogen (secondary N) is 1. The summed E-state index contributed by atoms with van der Waals surface area (Å²) in [6.45, 7) is -1.86. The number of halogens is 3. The number of hydrogen-bond donors (Lipinski definition) is 1. The Kier molecular flexibility index (Phi) is 7.82. The van der Waals surface area contributed by atoms with Gasteiger partial charge in [0.15, 0.2) is 11.5 Å². The van der Waals surface area contributed by atoms with Gasteiger partial charge >= 0.3 is 6.61 Å². The standard InChI is InChI=1S/C19H21ClF2N2O3/c1-24(11-13-3-6-15(20)7-4-13)12-18(25)23-10-14-5-8-16(27-19(21)22)17(9-14)26-2/h3-9,19H,10-12H2,1-2H3,(H,23,25). The van der Waals surface area contributed by atoms with Crippen LogP contribution in [0.3, 0.4) is 0 Å². The number of hydrogen-bond acceptors (Lipinski definition) is 4. The second-order valence-electron chi connectivity index (χ2n) is 5.94. The van der Waals surface area contributed by atoms with Crippen LogP contribution in [0.5, 0.6) is 11.5 Å². The average molecular weight is 399 g/mol. The van der Waals surface area contributed by atoms with Crippen molar-refractivity contribution in [3.05, 3.63) is 58.6 Å². The van der Waals surface area contributed by atoms with E-state index in [1.54, 1.807) is 24.3 Å². The summed E-state index contributed by atoms with van der Waals surface area (Å²) >= 11 is 5.86. The highest BCUT2D eigenvalue weighted by Crippen LogP contribution is 2.29. The molecule has 0 aliphatic heterocycles. The zero-order valence-electron chi connectivity index (χ0n) is 15.0. The lowest BCUT2D eigenvalue weighted by Gasteiger charge is -2.17. The summed E-state index contributed by atoms with van der Waals surface area (Å²) in [7, 11) is 3.20. The maximum Gasteiger partial charge on any atom is 0.387 e. The summed E-state index contributed by atoms with van der Waals surface area (Å²) in [5.74, 6) is -0.0227. The van der Waals surface area contributed by atoms with Crippen molar-refractivity contribution in [1.29, 1.82) is 0 Å². The Bertz CT molecular complexity index is 757. The summed E-state index contributed by atoms with van der Waals surface area (Å²) < 4.78 is 34.1. The molecule has 2 aromatic rings. The molecule has 0 atom stereocenters. The van der Waals surface area contributed by atoms with Gasteiger partial charge in [0.1, 0.15) is 0 Å². The summed E-state index contributed by atoms with van der Waals surface area (Å²) in [5, 5.41) is 3.46. The Labute approximate surface area is 161 Å². The third kappa shape index (κ3) is 7.03. The highest BCUT2D eigenvalue weighted by molar-refractivity contribution is 6.30. The van der Waals surface area contributed by atoms with Crippen molar-refractivity contribution < 1.29 is 23.0 Å². The van der Waals surface area contributed by atoms with Gasteiger partial charge in [-0.3, -0.25) is 9.69 Å². The van der Waals surface area contributed by atoms with E-state index in [-0.39, 0.29) is 30.5 Å². The van der Waals surface area contributed by atoms with Crippen molar-refractivity contribution in [3.8, 4) is 11.5 Å². The lowest BCUT2D eigenvalue weighted by molar-refractivity contribution is -0.122. The van der Waals surface area contributed by atoms with Crippen LogP contribution in [0.1, 0.15) is 11.1 Å². The first-order valence-corrected chi connectivity index (χ1v) is 8.56. The van der Waals surface area contributed by atoms with Crippen LogP contribution in [0, 0.1) is 0 Å². The number of likely N-dealkylation sites (N-methyl/N-ethyl adjacent to an activating group) is 1. The van der Waals surface area contributed by atoms with Crippen LogP contribution in [0.4, 0.5) is 8.78 Å². The SMILES string of the molecule is COc1cc(CNC(=O)CN(C)Cc2ccc(Cl)cc2)ccc1OC(F)F. The van der Waals surface area contributed by atoms with Crippen LogP contribution in [-0.4, -0.2) is 38.1 Å². The second kappa shape index (κ2) is 10.1. The van der Waals surface area contributed by atoms with Gasteiger partial charge in [0.05, 0.1) is 13.7 Å². The molecule has 1 amide bonds. The topological polar surface area (TPSA) is 50.8 Å². The Hall–Kier alpha value is -2.38. The van der Waals surface area contributed by atoms with Crippen LogP contribution in [-0.2, 0) is 17.9 Å². The predicted molar refractivity (Wildman–Crippen MR) is 99.3 cm³/mol. The molecular formula is C19H21ClF2N2O3. The third-order valence-electron chi connectivity index (χ3n) is 3.71. The van der Waals surface area contributed by atoms with Gasteiger partial charge in [-0.2, -0.15) is 8.78 Å². The molecule has 2 rings (SSSR count). The smallest absolute Gasteiger partial charge is 0.387 e. The minimum Gasteiger partial charge on any atom is -0.493 e. The Balaban J connectivity index is 1.84. The third-order valence-corrected chi connectivity index (χ3v) is 3.97. The number of carbonyl (C=O) groups excluding carboxylic acids is 1. The van der Waals surface area contributed by atoms with Crippen molar-refractivity contribution in [1.82, 2.24) is 10.2 Å². The van der Waals surface area contributed by atoms with E-state index < -0.39 is 6.61 Å². The lowest BCUT2D eigenvalue weighted by Crippen LogP contribution is -2.34. The maximum atomic E-state index is 12.3. The molecule has 0 aliphatic carbocycles. The van der Waals surface area contributed by atoms with E-state index in [4.69, 9.17) is 16.3 Å². The van der Waals surface area contributed by atoms with Gasteiger partial charge in [-0.1, -0.05) is 29.8 Å². The summed E-state index contributed by atoms with van der Waals surface area (Å²) in [4.78, 5) is 14.0. The number of carbonyl (C=O) groups is 1. The van der Waals surface area contributed by atoms with Crippen LogP contribution < -0.4 is 14.8 Å². The van der Waals surface area contributed by atoms with Crippen molar-refractivity contribution >= 4 is 17.5 Å². The molecule has 27 heavy (non-hydrogen) atoms. The molecule has 0 spiro atoms. The Morgan fingerprint density at radius 2 is 1.81 bits per heavy atom. The monoisotopic (exact) mass is 398 g/mol. The second-order valence-corrected chi connectivity index (χ2v) is 6.38. The first-order chi connectivity index (χ1) is 12.9. The predicted octanol–water partition coefficient (Wildman–Crippen LogP) is 3.70. The van der Waals surface area contributed by atoms with Crippen molar-refractivity contribution in [2.24, 2.45) is 0 Å². The van der Waals surface area contributed by atoms with E-state index in [2.05, 4.69) is 10.1 Å².